The zero-order valence-corrected chi connectivity index (χ0v) is 10.8. The average molecular weight is 263 g/mol. The monoisotopic (exact) mass is 263 g/mol. The molecule has 0 aromatic heterocycles. The van der Waals surface area contributed by atoms with E-state index >= 15 is 0 Å². The van der Waals surface area contributed by atoms with Crippen LogP contribution in [0, 0.1) is 0 Å². The van der Waals surface area contributed by atoms with Crippen molar-refractivity contribution >= 4 is 5.91 Å². The second kappa shape index (κ2) is 3.97. The molecule has 2 N–H and O–H groups in total. The number of fused-ring (bicyclic) bond motifs is 2. The number of para-hydroxylation sites is 1. The third-order valence-electron chi connectivity index (χ3n) is 3.95. The minimum absolute atomic E-state index is 0.0896. The molecule has 3 aliphatic rings. The van der Waals surface area contributed by atoms with Gasteiger partial charge in [0.05, 0.1) is 0 Å². The average Bonchev–Trinajstić information content (AvgIpc) is 2.93. The summed E-state index contributed by atoms with van der Waals surface area (Å²) >= 11 is 0. The first-order valence-electron chi connectivity index (χ1n) is 6.66. The van der Waals surface area contributed by atoms with Gasteiger partial charge >= 0.3 is 0 Å². The first-order chi connectivity index (χ1) is 9.74. The molecule has 0 heterocycles. The van der Waals surface area contributed by atoms with Crippen LogP contribution in [0.25, 0.3) is 0 Å². The van der Waals surface area contributed by atoms with E-state index in [1.807, 2.05) is 18.2 Å². The Morgan fingerprint density at radius 1 is 1.20 bits per heavy atom. The molecule has 0 saturated heterocycles. The highest BCUT2D eigenvalue weighted by Gasteiger charge is 2.35. The minimum Gasteiger partial charge on any atom is -0.508 e. The Balaban J connectivity index is 1.52. The van der Waals surface area contributed by atoms with Gasteiger partial charge in [0.15, 0.2) is 0 Å². The summed E-state index contributed by atoms with van der Waals surface area (Å²) in [4.78, 5) is 12.2. The van der Waals surface area contributed by atoms with Crippen molar-refractivity contribution in [2.75, 3.05) is 0 Å². The molecule has 20 heavy (non-hydrogen) atoms. The van der Waals surface area contributed by atoms with E-state index in [-0.39, 0.29) is 11.7 Å². The number of carbonyl (C=O) groups excluding carboxylic acids is 1. The topological polar surface area (TPSA) is 49.3 Å². The van der Waals surface area contributed by atoms with E-state index in [1.165, 1.54) is 16.7 Å². The van der Waals surface area contributed by atoms with Crippen LogP contribution in [0.2, 0.25) is 0 Å². The number of hydrogen-bond donors (Lipinski definition) is 2. The minimum atomic E-state index is -0.0896. The van der Waals surface area contributed by atoms with Gasteiger partial charge in [-0.15, -0.1) is 0 Å². The van der Waals surface area contributed by atoms with Crippen molar-refractivity contribution < 1.29 is 9.90 Å². The molecule has 98 valence electrons. The van der Waals surface area contributed by atoms with E-state index in [4.69, 9.17) is 0 Å². The van der Waals surface area contributed by atoms with Crippen LogP contribution in [0.15, 0.2) is 70.4 Å². The van der Waals surface area contributed by atoms with Crippen LogP contribution >= 0.6 is 0 Å². The van der Waals surface area contributed by atoms with E-state index in [2.05, 4.69) is 11.4 Å². The Hall–Kier alpha value is -2.55. The predicted molar refractivity (Wildman–Crippen MR) is 75.8 cm³/mol. The Labute approximate surface area is 116 Å². The highest BCUT2D eigenvalue weighted by Crippen LogP contribution is 2.51. The maximum atomic E-state index is 12.2. The maximum Gasteiger partial charge on any atom is 0.252 e. The number of benzene rings is 1. The van der Waals surface area contributed by atoms with Gasteiger partial charge < -0.3 is 10.4 Å². The van der Waals surface area contributed by atoms with Crippen LogP contribution in [-0.2, 0) is 11.3 Å². The lowest BCUT2D eigenvalue weighted by Gasteiger charge is -2.08. The lowest BCUT2D eigenvalue weighted by Crippen LogP contribution is -2.24. The number of nitrogens with one attached hydrogen (secondary N) is 1. The van der Waals surface area contributed by atoms with Gasteiger partial charge in [0.2, 0.25) is 0 Å². The molecule has 1 fully saturated rings. The molecular formula is C17H13NO2. The number of aromatic hydroxyl groups is 1. The Morgan fingerprint density at radius 2 is 2.05 bits per heavy atom. The van der Waals surface area contributed by atoms with Crippen LogP contribution in [0.3, 0.4) is 0 Å². The van der Waals surface area contributed by atoms with Crippen molar-refractivity contribution in [3.63, 3.8) is 0 Å². The molecule has 4 rings (SSSR count). The van der Waals surface area contributed by atoms with Crippen molar-refractivity contribution in [1.82, 2.24) is 5.32 Å². The molecular weight excluding hydrogens is 250 g/mol. The largest absolute Gasteiger partial charge is 0.508 e. The highest BCUT2D eigenvalue weighted by atomic mass is 16.3. The van der Waals surface area contributed by atoms with Crippen LogP contribution in [0.4, 0.5) is 0 Å². The molecule has 1 amide bonds. The number of phenols is 1. The van der Waals surface area contributed by atoms with Crippen LogP contribution < -0.4 is 5.32 Å². The van der Waals surface area contributed by atoms with Gasteiger partial charge in [-0.2, -0.15) is 0 Å². The maximum absolute atomic E-state index is 12.2. The van der Waals surface area contributed by atoms with Crippen LogP contribution in [0.5, 0.6) is 5.75 Å². The molecule has 0 bridgehead atoms. The zero-order chi connectivity index (χ0) is 13.7. The molecule has 1 saturated carbocycles. The normalized spacial score (nSPS) is 18.1. The summed E-state index contributed by atoms with van der Waals surface area (Å²) in [6, 6.07) is 7.03. The predicted octanol–water partition coefficient (Wildman–Crippen LogP) is 2.52. The molecule has 3 nitrogen and oxygen atoms in total. The lowest BCUT2D eigenvalue weighted by molar-refractivity contribution is -0.117. The van der Waals surface area contributed by atoms with Gasteiger partial charge in [0, 0.05) is 17.7 Å². The molecule has 0 spiro atoms. The summed E-state index contributed by atoms with van der Waals surface area (Å²) in [5.41, 5.74) is 6.47. The number of allylic oxidation sites excluding steroid dienone is 6. The molecule has 0 aliphatic heterocycles. The Morgan fingerprint density at radius 3 is 2.90 bits per heavy atom. The fourth-order valence-corrected chi connectivity index (χ4v) is 2.77. The zero-order valence-electron chi connectivity index (χ0n) is 10.8. The third-order valence-corrected chi connectivity index (χ3v) is 3.95. The summed E-state index contributed by atoms with van der Waals surface area (Å²) in [5, 5.41) is 12.5. The van der Waals surface area contributed by atoms with Crippen molar-refractivity contribution in [2.24, 2.45) is 0 Å². The van der Waals surface area contributed by atoms with Gasteiger partial charge in [0.1, 0.15) is 5.75 Å². The molecule has 0 radical (unpaired) electrons. The Bertz CT molecular complexity index is 763. The van der Waals surface area contributed by atoms with Gasteiger partial charge in [-0.25, -0.2) is 0 Å². The quantitative estimate of drug-likeness (QED) is 0.880. The summed E-state index contributed by atoms with van der Waals surface area (Å²) in [6.07, 6.45) is 7.09. The number of phenolic OH excluding ortho intramolecular Hbond substituents is 1. The summed E-state index contributed by atoms with van der Waals surface area (Å²) < 4.78 is 0. The van der Waals surface area contributed by atoms with E-state index < -0.39 is 0 Å². The van der Waals surface area contributed by atoms with Gasteiger partial charge in [0.25, 0.3) is 5.91 Å². The molecule has 0 unspecified atom stereocenters. The van der Waals surface area contributed by atoms with Gasteiger partial charge in [-0.1, -0.05) is 24.3 Å². The number of amides is 1. The number of hydrogen-bond acceptors (Lipinski definition) is 2. The van der Waals surface area contributed by atoms with Crippen LogP contribution in [-0.4, -0.2) is 11.0 Å². The first-order valence-corrected chi connectivity index (χ1v) is 6.66. The van der Waals surface area contributed by atoms with Crippen molar-refractivity contribution in [2.45, 2.75) is 13.0 Å². The summed E-state index contributed by atoms with van der Waals surface area (Å²) in [6.45, 7) is 0.332. The first kappa shape index (κ1) is 11.3. The summed E-state index contributed by atoms with van der Waals surface area (Å²) in [5.74, 6) is 0.118. The van der Waals surface area contributed by atoms with Crippen molar-refractivity contribution in [3.05, 3.63) is 75.9 Å². The van der Waals surface area contributed by atoms with Crippen molar-refractivity contribution in [3.8, 4) is 5.75 Å². The molecule has 3 aliphatic carbocycles. The van der Waals surface area contributed by atoms with E-state index in [1.54, 1.807) is 18.2 Å². The lowest BCUT2D eigenvalue weighted by atomic mass is 10.1. The van der Waals surface area contributed by atoms with Crippen molar-refractivity contribution in [1.29, 1.82) is 0 Å². The smallest absolute Gasteiger partial charge is 0.252 e. The molecule has 1 aromatic carbocycles. The SMILES string of the molecule is O=C(NCc1ccccc1O)C1=C2C=C3CC3=C2C=C1. The standard InChI is InChI=1S/C17H13NO2/c19-16-4-2-1-3-10(16)9-18-17(20)13-6-5-12-14-7-11(14)8-15(12)13/h1-6,8,19H,7,9H2,(H,18,20). The molecule has 1 aromatic rings. The number of carbonyl (C=O) groups is 1. The fraction of sp³-hybridized carbons (Fsp3) is 0.118. The highest BCUT2D eigenvalue weighted by molar-refractivity contribution is 6.01. The third kappa shape index (κ3) is 1.63. The van der Waals surface area contributed by atoms with Gasteiger partial charge in [-0.05, 0) is 46.9 Å². The Kier molecular flexibility index (Phi) is 2.24. The number of rotatable bonds is 3. The van der Waals surface area contributed by atoms with E-state index in [0.717, 1.165) is 23.1 Å². The molecule has 0 atom stereocenters. The van der Waals surface area contributed by atoms with Crippen LogP contribution in [0.1, 0.15) is 12.0 Å². The second-order valence-electron chi connectivity index (χ2n) is 5.21. The second-order valence-corrected chi connectivity index (χ2v) is 5.21. The van der Waals surface area contributed by atoms with E-state index in [0.29, 0.717) is 6.54 Å². The van der Waals surface area contributed by atoms with Gasteiger partial charge in [-0.3, -0.25) is 4.79 Å². The van der Waals surface area contributed by atoms with E-state index in [9.17, 15) is 9.90 Å². The fourth-order valence-electron chi connectivity index (χ4n) is 2.77. The molecule has 3 heteroatoms. The summed E-state index contributed by atoms with van der Waals surface area (Å²) in [7, 11) is 0.